The normalized spacial score (nSPS) is 14.6. The lowest BCUT2D eigenvalue weighted by molar-refractivity contribution is -0.117. The number of rotatable bonds is 9. The minimum absolute atomic E-state index is 0.106. The van der Waals surface area contributed by atoms with Crippen molar-refractivity contribution in [1.82, 2.24) is 5.32 Å². The number of carbonyl (C=O) groups excluding carboxylic acids is 2. The van der Waals surface area contributed by atoms with E-state index in [2.05, 4.69) is 10.6 Å². The van der Waals surface area contributed by atoms with Crippen LogP contribution in [0.15, 0.2) is 84.9 Å². The summed E-state index contributed by atoms with van der Waals surface area (Å²) in [5, 5.41) is 5.48. The zero-order chi connectivity index (χ0) is 27.1. The maximum absolute atomic E-state index is 13.9. The fourth-order valence-corrected chi connectivity index (χ4v) is 5.81. The monoisotopic (exact) mass is 522 g/mol. The second kappa shape index (κ2) is 12.2. The molecule has 0 spiro atoms. The molecule has 8 heteroatoms. The summed E-state index contributed by atoms with van der Waals surface area (Å²) in [5.74, 6) is -2.47. The number of carbonyl (C=O) groups is 2. The van der Waals surface area contributed by atoms with Crippen molar-refractivity contribution in [2.75, 3.05) is 11.5 Å². The number of nitrogens with one attached hydrogen (secondary N) is 2. The minimum atomic E-state index is -4.15. The van der Waals surface area contributed by atoms with Crippen LogP contribution in [0.5, 0.6) is 0 Å². The van der Waals surface area contributed by atoms with Crippen LogP contribution in [0.4, 0.5) is 10.5 Å². The van der Waals surface area contributed by atoms with Gasteiger partial charge in [-0.05, 0) is 51.0 Å². The van der Waals surface area contributed by atoms with E-state index in [0.717, 1.165) is 11.1 Å². The smallest absolute Gasteiger partial charge is 0.408 e. The van der Waals surface area contributed by atoms with Gasteiger partial charge in [0.25, 0.3) is 0 Å². The lowest BCUT2D eigenvalue weighted by atomic mass is 10.00. The molecule has 3 aromatic rings. The summed E-state index contributed by atoms with van der Waals surface area (Å²) in [7, 11) is -4.15. The average Bonchev–Trinajstić information content (AvgIpc) is 2.83. The Balaban J connectivity index is 1.90. The maximum Gasteiger partial charge on any atom is 0.408 e. The number of amides is 2. The summed E-state index contributed by atoms with van der Waals surface area (Å²) >= 11 is 0. The number of aryl methyl sites for hydroxylation is 1. The van der Waals surface area contributed by atoms with Gasteiger partial charge in [-0.25, -0.2) is 4.79 Å². The molecule has 0 aliphatic rings. The van der Waals surface area contributed by atoms with Crippen molar-refractivity contribution >= 4 is 25.1 Å². The van der Waals surface area contributed by atoms with Crippen molar-refractivity contribution in [1.29, 1.82) is 0 Å². The molecule has 0 heterocycles. The molecular formula is C29H35N2O5P. The zero-order valence-electron chi connectivity index (χ0n) is 21.7. The first-order valence-corrected chi connectivity index (χ1v) is 14.1. The first kappa shape index (κ1) is 28.2. The molecule has 3 rings (SSSR count). The molecule has 3 atom stereocenters. The summed E-state index contributed by atoms with van der Waals surface area (Å²) in [5.41, 5.74) is 2.25. The van der Waals surface area contributed by atoms with Gasteiger partial charge in [0, 0.05) is 18.3 Å². The Labute approximate surface area is 218 Å². The van der Waals surface area contributed by atoms with Gasteiger partial charge in [0.2, 0.25) is 13.3 Å². The SMILES string of the molecule is Cc1ccc(NC(=O)C(CP(=O)(O)C(Cc2ccccc2)NC(=O)OC(C)(C)C)c2ccccc2)cc1. The van der Waals surface area contributed by atoms with Crippen LogP contribution < -0.4 is 10.6 Å². The van der Waals surface area contributed by atoms with E-state index >= 15 is 0 Å². The number of alkyl carbamates (subject to hydrolysis) is 1. The molecule has 0 aliphatic carbocycles. The third kappa shape index (κ3) is 8.88. The third-order valence-electron chi connectivity index (χ3n) is 5.72. The van der Waals surface area contributed by atoms with Crippen molar-refractivity contribution in [3.05, 3.63) is 102 Å². The number of anilines is 1. The van der Waals surface area contributed by atoms with Crippen LogP contribution in [-0.4, -0.2) is 34.4 Å². The maximum atomic E-state index is 13.9. The molecule has 0 aliphatic heterocycles. The molecule has 3 unspecified atom stereocenters. The molecule has 0 saturated carbocycles. The Morgan fingerprint density at radius 2 is 1.49 bits per heavy atom. The number of benzene rings is 3. The molecule has 37 heavy (non-hydrogen) atoms. The quantitative estimate of drug-likeness (QED) is 0.296. The highest BCUT2D eigenvalue weighted by Crippen LogP contribution is 2.50. The Bertz CT molecular complexity index is 1220. The largest absolute Gasteiger partial charge is 0.444 e. The fraction of sp³-hybridized carbons (Fsp3) is 0.310. The molecule has 3 aromatic carbocycles. The average molecular weight is 523 g/mol. The summed E-state index contributed by atoms with van der Waals surface area (Å²) in [6.07, 6.45) is -1.04. The van der Waals surface area contributed by atoms with E-state index in [1.54, 1.807) is 57.2 Å². The summed E-state index contributed by atoms with van der Waals surface area (Å²) in [6, 6.07) is 25.4. The van der Waals surface area contributed by atoms with Crippen LogP contribution in [0.25, 0.3) is 0 Å². The molecular weight excluding hydrogens is 487 g/mol. The highest BCUT2D eigenvalue weighted by atomic mass is 31.2. The van der Waals surface area contributed by atoms with Gasteiger partial charge in [-0.15, -0.1) is 0 Å². The van der Waals surface area contributed by atoms with E-state index in [1.807, 2.05) is 55.5 Å². The van der Waals surface area contributed by atoms with Crippen molar-refractivity contribution < 1.29 is 23.8 Å². The summed E-state index contributed by atoms with van der Waals surface area (Å²) < 4.78 is 19.3. The fourth-order valence-electron chi connectivity index (χ4n) is 3.86. The number of hydrogen-bond donors (Lipinski definition) is 3. The molecule has 3 N–H and O–H groups in total. The molecule has 196 valence electrons. The Morgan fingerprint density at radius 3 is 2.05 bits per heavy atom. The predicted octanol–water partition coefficient (Wildman–Crippen LogP) is 6.08. The topological polar surface area (TPSA) is 105 Å². The Kier molecular flexibility index (Phi) is 9.30. The molecule has 0 saturated heterocycles. The Hall–Kier alpha value is -3.41. The van der Waals surface area contributed by atoms with E-state index in [0.29, 0.717) is 11.3 Å². The first-order chi connectivity index (χ1) is 17.4. The highest BCUT2D eigenvalue weighted by Gasteiger charge is 2.38. The molecule has 0 radical (unpaired) electrons. The molecule has 0 aromatic heterocycles. The molecule has 2 amide bonds. The second-order valence-electron chi connectivity index (χ2n) is 10.1. The van der Waals surface area contributed by atoms with Crippen molar-refractivity contribution in [2.24, 2.45) is 0 Å². The van der Waals surface area contributed by atoms with E-state index in [4.69, 9.17) is 4.74 Å². The van der Waals surface area contributed by atoms with Crippen LogP contribution in [0.3, 0.4) is 0 Å². The standard InChI is InChI=1S/C29H35N2O5P/c1-21-15-17-24(18-16-21)30-27(32)25(23-13-9-6-10-14-23)20-37(34,35)26(19-22-11-7-5-8-12-22)31-28(33)36-29(2,3)4/h5-18,25-26H,19-20H2,1-4H3,(H,30,32)(H,31,33)(H,34,35). The highest BCUT2D eigenvalue weighted by molar-refractivity contribution is 7.58. The lowest BCUT2D eigenvalue weighted by Gasteiger charge is -2.29. The van der Waals surface area contributed by atoms with E-state index in [-0.39, 0.29) is 12.6 Å². The lowest BCUT2D eigenvalue weighted by Crippen LogP contribution is -2.41. The van der Waals surface area contributed by atoms with Gasteiger partial charge in [0.05, 0.1) is 5.92 Å². The van der Waals surface area contributed by atoms with Crippen LogP contribution in [0.1, 0.15) is 43.4 Å². The number of ether oxygens (including phenoxy) is 1. The van der Waals surface area contributed by atoms with Crippen molar-refractivity contribution in [3.8, 4) is 0 Å². The van der Waals surface area contributed by atoms with E-state index in [1.165, 1.54) is 0 Å². The molecule has 0 bridgehead atoms. The molecule has 0 fully saturated rings. The Morgan fingerprint density at radius 1 is 0.919 bits per heavy atom. The van der Waals surface area contributed by atoms with Gasteiger partial charge < -0.3 is 20.3 Å². The zero-order valence-corrected chi connectivity index (χ0v) is 22.6. The van der Waals surface area contributed by atoms with Crippen molar-refractivity contribution in [2.45, 2.75) is 51.4 Å². The predicted molar refractivity (Wildman–Crippen MR) is 147 cm³/mol. The van der Waals surface area contributed by atoms with Crippen LogP contribution in [0, 0.1) is 6.92 Å². The van der Waals surface area contributed by atoms with E-state index in [9.17, 15) is 19.0 Å². The van der Waals surface area contributed by atoms with Gasteiger partial charge in [-0.2, -0.15) is 0 Å². The van der Waals surface area contributed by atoms with Gasteiger partial charge in [-0.3, -0.25) is 9.36 Å². The van der Waals surface area contributed by atoms with Gasteiger partial charge in [0.15, 0.2) is 0 Å². The summed E-state index contributed by atoms with van der Waals surface area (Å²) in [6.45, 7) is 7.11. The molecule has 7 nitrogen and oxygen atoms in total. The van der Waals surface area contributed by atoms with Crippen molar-refractivity contribution in [3.63, 3.8) is 0 Å². The number of hydrogen-bond acceptors (Lipinski definition) is 4. The van der Waals surface area contributed by atoms with Gasteiger partial charge in [-0.1, -0.05) is 78.4 Å². The first-order valence-electron chi connectivity index (χ1n) is 12.2. The summed E-state index contributed by atoms with van der Waals surface area (Å²) in [4.78, 5) is 37.4. The van der Waals surface area contributed by atoms with Gasteiger partial charge in [0.1, 0.15) is 11.4 Å². The third-order valence-corrected chi connectivity index (χ3v) is 7.90. The van der Waals surface area contributed by atoms with Crippen LogP contribution in [0.2, 0.25) is 0 Å². The van der Waals surface area contributed by atoms with Crippen LogP contribution >= 0.6 is 7.37 Å². The van der Waals surface area contributed by atoms with E-state index < -0.39 is 36.7 Å². The van der Waals surface area contributed by atoms with Crippen LogP contribution in [-0.2, 0) is 20.5 Å². The minimum Gasteiger partial charge on any atom is -0.444 e. The van der Waals surface area contributed by atoms with Gasteiger partial charge >= 0.3 is 6.09 Å². The second-order valence-corrected chi connectivity index (χ2v) is 12.6.